The fraction of sp³-hybridized carbons (Fsp3) is 0.417. The lowest BCUT2D eigenvalue weighted by Crippen LogP contribution is -2.58. The van der Waals surface area contributed by atoms with Gasteiger partial charge in [0.25, 0.3) is 0 Å². The van der Waals surface area contributed by atoms with Crippen molar-refractivity contribution in [2.75, 3.05) is 13.2 Å². The van der Waals surface area contributed by atoms with Crippen molar-refractivity contribution < 1.29 is 34.2 Å². The second kappa shape index (κ2) is 15.0. The van der Waals surface area contributed by atoms with Crippen molar-refractivity contribution in [3.8, 4) is 0 Å². The molecule has 0 saturated carbocycles. The summed E-state index contributed by atoms with van der Waals surface area (Å²) < 4.78 is 0. The molecular formula is C24H35N9O7. The second-order valence-corrected chi connectivity index (χ2v) is 8.99. The Morgan fingerprint density at radius 2 is 1.55 bits per heavy atom. The summed E-state index contributed by atoms with van der Waals surface area (Å²) in [6.07, 6.45) is 1.37. The highest BCUT2D eigenvalue weighted by atomic mass is 16.4. The predicted molar refractivity (Wildman–Crippen MR) is 144 cm³/mol. The zero-order chi connectivity index (χ0) is 29.8. The fourth-order valence-electron chi connectivity index (χ4n) is 3.82. The molecule has 16 nitrogen and oxygen atoms in total. The highest BCUT2D eigenvalue weighted by Gasteiger charge is 2.31. The van der Waals surface area contributed by atoms with E-state index < -0.39 is 66.8 Å². The number of carbonyl (C=O) groups excluding carboxylic acids is 4. The van der Waals surface area contributed by atoms with Crippen LogP contribution in [0.3, 0.4) is 0 Å². The van der Waals surface area contributed by atoms with Crippen LogP contribution in [0, 0.1) is 0 Å². The normalized spacial score (nSPS) is 13.8. The zero-order valence-corrected chi connectivity index (χ0v) is 21.6. The average molecular weight is 562 g/mol. The molecule has 0 saturated heterocycles. The van der Waals surface area contributed by atoms with Gasteiger partial charge in [-0.05, 0) is 30.9 Å². The zero-order valence-electron chi connectivity index (χ0n) is 21.6. The number of aliphatic imine (C=N–C) groups is 1. The fourth-order valence-corrected chi connectivity index (χ4v) is 3.82. The maximum atomic E-state index is 13.1. The van der Waals surface area contributed by atoms with Crippen molar-refractivity contribution in [2.24, 2.45) is 27.9 Å². The highest BCUT2D eigenvalue weighted by molar-refractivity contribution is 5.96. The van der Waals surface area contributed by atoms with Crippen LogP contribution in [-0.4, -0.2) is 88.1 Å². The van der Waals surface area contributed by atoms with E-state index in [-0.39, 0.29) is 31.8 Å². The summed E-state index contributed by atoms with van der Waals surface area (Å²) in [5.41, 5.74) is 23.5. The molecule has 2 rings (SSSR count). The summed E-state index contributed by atoms with van der Waals surface area (Å²) in [6.45, 7) is -0.807. The van der Waals surface area contributed by atoms with Crippen molar-refractivity contribution in [1.82, 2.24) is 20.9 Å². The molecule has 4 unspecified atom stereocenters. The summed E-state index contributed by atoms with van der Waals surface area (Å²) in [4.78, 5) is 68.5. The van der Waals surface area contributed by atoms with Gasteiger partial charge in [-0.1, -0.05) is 18.2 Å². The number of nitrogens with zero attached hydrogens (tertiary/aromatic N) is 1. The lowest BCUT2D eigenvalue weighted by molar-refractivity contribution is -0.143. The third-order valence-electron chi connectivity index (χ3n) is 5.87. The summed E-state index contributed by atoms with van der Waals surface area (Å²) in [5, 5.41) is 26.1. The maximum Gasteiger partial charge on any atom is 0.328 e. The first-order valence-corrected chi connectivity index (χ1v) is 12.3. The molecule has 1 heterocycles. The topological polar surface area (TPSA) is 294 Å². The van der Waals surface area contributed by atoms with Gasteiger partial charge in [-0.15, -0.1) is 0 Å². The number of nitrogens with one attached hydrogen (secondary N) is 4. The highest BCUT2D eigenvalue weighted by Crippen LogP contribution is 2.18. The molecule has 0 radical (unpaired) electrons. The number of nitrogens with two attached hydrogens (primary N) is 4. The average Bonchev–Trinajstić information content (AvgIpc) is 3.30. The Kier molecular flexibility index (Phi) is 11.8. The number of carboxylic acids is 1. The van der Waals surface area contributed by atoms with E-state index in [9.17, 15) is 29.1 Å². The van der Waals surface area contributed by atoms with Crippen LogP contribution in [0.5, 0.6) is 0 Å². The van der Waals surface area contributed by atoms with Crippen LogP contribution in [0.1, 0.15) is 24.8 Å². The van der Waals surface area contributed by atoms with Crippen molar-refractivity contribution in [2.45, 2.75) is 49.9 Å². The molecule has 1 aromatic heterocycles. The van der Waals surface area contributed by atoms with E-state index in [1.54, 1.807) is 6.20 Å². The molecule has 14 N–H and O–H groups in total. The molecule has 0 spiro atoms. The smallest absolute Gasteiger partial charge is 0.328 e. The number of aliphatic carboxylic acids is 1. The molecule has 1 aromatic carbocycles. The van der Waals surface area contributed by atoms with Crippen molar-refractivity contribution in [3.63, 3.8) is 0 Å². The first kappa shape index (κ1) is 31.5. The summed E-state index contributed by atoms with van der Waals surface area (Å²) >= 11 is 0. The molecule has 0 aliphatic heterocycles. The van der Waals surface area contributed by atoms with Gasteiger partial charge in [0, 0.05) is 23.6 Å². The van der Waals surface area contributed by atoms with Gasteiger partial charge >= 0.3 is 5.97 Å². The second-order valence-electron chi connectivity index (χ2n) is 8.99. The van der Waals surface area contributed by atoms with Crippen LogP contribution in [0.4, 0.5) is 0 Å². The molecule has 218 valence electrons. The Morgan fingerprint density at radius 1 is 0.925 bits per heavy atom. The quantitative estimate of drug-likeness (QED) is 0.0547. The molecule has 2 aromatic rings. The van der Waals surface area contributed by atoms with Crippen molar-refractivity contribution in [1.29, 1.82) is 0 Å². The number of guanidine groups is 1. The van der Waals surface area contributed by atoms with Gasteiger partial charge in [0.2, 0.25) is 23.6 Å². The maximum absolute atomic E-state index is 13.1. The van der Waals surface area contributed by atoms with E-state index in [4.69, 9.17) is 28.0 Å². The number of amides is 4. The summed E-state index contributed by atoms with van der Waals surface area (Å²) in [5.74, 6) is -5.21. The van der Waals surface area contributed by atoms with Crippen LogP contribution in [0.2, 0.25) is 0 Å². The number of aliphatic hydroxyl groups excluding tert-OH is 1. The molecule has 40 heavy (non-hydrogen) atoms. The number of hydrogen-bond donors (Lipinski definition) is 10. The Morgan fingerprint density at radius 3 is 2.17 bits per heavy atom. The Labute approximate surface area is 228 Å². The Balaban J connectivity index is 2.14. The minimum absolute atomic E-state index is 0.0521. The minimum Gasteiger partial charge on any atom is -0.480 e. The first-order chi connectivity index (χ1) is 18.9. The van der Waals surface area contributed by atoms with E-state index in [0.717, 1.165) is 16.5 Å². The molecule has 4 amide bonds. The Hall–Kier alpha value is -4.70. The van der Waals surface area contributed by atoms with Crippen LogP contribution in [-0.2, 0) is 30.4 Å². The standard InChI is InChI=1S/C24H35N9O7/c25-14(8-12-10-30-15-5-2-1-4-13(12)15)20(36)32-17(9-19(26)35)22(38)31-16(6-3-7-29-24(27)28)21(37)33-18(11-34)23(39)40/h1-2,4-5,10,14,16-18,30,34H,3,6-9,11,25H2,(H2,26,35)(H,31,38)(H,32,36)(H,33,37)(H,39,40)(H4,27,28,29). The van der Waals surface area contributed by atoms with E-state index in [0.29, 0.717) is 0 Å². The number of benzene rings is 1. The van der Waals surface area contributed by atoms with E-state index >= 15 is 0 Å². The van der Waals surface area contributed by atoms with Gasteiger partial charge in [0.1, 0.15) is 18.1 Å². The van der Waals surface area contributed by atoms with Gasteiger partial charge in [0.05, 0.1) is 19.1 Å². The number of aliphatic hydroxyl groups is 1. The number of carboxylic acid groups (broad SMARTS) is 1. The number of carbonyl (C=O) groups is 5. The molecule has 0 aliphatic rings. The first-order valence-electron chi connectivity index (χ1n) is 12.3. The number of hydrogen-bond acceptors (Lipinski definition) is 8. The van der Waals surface area contributed by atoms with Crippen LogP contribution in [0.15, 0.2) is 35.5 Å². The predicted octanol–water partition coefficient (Wildman–Crippen LogP) is -3.50. The SMILES string of the molecule is NC(=O)CC(NC(=O)C(N)Cc1c[nH]c2ccccc12)C(=O)NC(CCCN=C(N)N)C(=O)NC(CO)C(=O)O. The molecule has 4 atom stereocenters. The largest absolute Gasteiger partial charge is 0.480 e. The summed E-state index contributed by atoms with van der Waals surface area (Å²) in [7, 11) is 0. The van der Waals surface area contributed by atoms with Crippen molar-refractivity contribution >= 4 is 46.5 Å². The van der Waals surface area contributed by atoms with Gasteiger partial charge in [-0.3, -0.25) is 24.2 Å². The number of aromatic amines is 1. The van der Waals surface area contributed by atoms with Gasteiger partial charge in [-0.25, -0.2) is 4.79 Å². The number of primary amides is 1. The third kappa shape index (κ3) is 9.55. The number of fused-ring (bicyclic) bond motifs is 1. The van der Waals surface area contributed by atoms with E-state index in [2.05, 4.69) is 25.9 Å². The number of para-hydroxylation sites is 1. The number of rotatable bonds is 16. The minimum atomic E-state index is -1.63. The van der Waals surface area contributed by atoms with E-state index in [1.807, 2.05) is 24.3 Å². The van der Waals surface area contributed by atoms with Gasteiger partial charge in [-0.2, -0.15) is 0 Å². The van der Waals surface area contributed by atoms with Crippen LogP contribution in [0.25, 0.3) is 10.9 Å². The van der Waals surface area contributed by atoms with Crippen molar-refractivity contribution in [3.05, 3.63) is 36.0 Å². The number of aromatic nitrogens is 1. The van der Waals surface area contributed by atoms with Gasteiger partial charge in [0.15, 0.2) is 5.96 Å². The van der Waals surface area contributed by atoms with Gasteiger partial charge < -0.3 is 54.1 Å². The lowest BCUT2D eigenvalue weighted by Gasteiger charge is -2.24. The third-order valence-corrected chi connectivity index (χ3v) is 5.87. The Bertz CT molecular complexity index is 1240. The molecule has 16 heteroatoms. The molecule has 0 bridgehead atoms. The molecular weight excluding hydrogens is 526 g/mol. The van der Waals surface area contributed by atoms with Crippen LogP contribution >= 0.6 is 0 Å². The molecule has 0 fully saturated rings. The lowest BCUT2D eigenvalue weighted by atomic mass is 10.0. The number of H-pyrrole nitrogens is 1. The van der Waals surface area contributed by atoms with Crippen LogP contribution < -0.4 is 38.9 Å². The van der Waals surface area contributed by atoms with E-state index in [1.165, 1.54) is 0 Å². The summed E-state index contributed by atoms with van der Waals surface area (Å²) in [6, 6.07) is 1.86. The monoisotopic (exact) mass is 561 g/mol. The molecule has 0 aliphatic carbocycles.